The van der Waals surface area contributed by atoms with Crippen LogP contribution in [0.3, 0.4) is 0 Å². The van der Waals surface area contributed by atoms with Crippen molar-refractivity contribution in [3.63, 3.8) is 0 Å². The van der Waals surface area contributed by atoms with E-state index in [-0.39, 0.29) is 5.91 Å². The molecular formula is C23H22Cl2N2O3. The number of carbonyl (C=O) groups is 1. The molecule has 3 aromatic rings. The lowest BCUT2D eigenvalue weighted by atomic mass is 10.2. The highest BCUT2D eigenvalue weighted by Crippen LogP contribution is 2.37. The summed E-state index contributed by atoms with van der Waals surface area (Å²) in [4.78, 5) is 11.1. The van der Waals surface area contributed by atoms with Crippen LogP contribution in [0, 0.1) is 0 Å². The van der Waals surface area contributed by atoms with Crippen molar-refractivity contribution in [2.45, 2.75) is 20.1 Å². The SMILES string of the molecule is COc1cc(CNc2ccc(NC(C)=O)cc2)cc(Cl)c1OCc1cccc(Cl)c1. The maximum atomic E-state index is 11.1. The first-order valence-corrected chi connectivity index (χ1v) is 10.1. The number of methoxy groups -OCH3 is 1. The molecule has 3 aromatic carbocycles. The largest absolute Gasteiger partial charge is 0.493 e. The van der Waals surface area contributed by atoms with Crippen molar-refractivity contribution in [1.29, 1.82) is 0 Å². The summed E-state index contributed by atoms with van der Waals surface area (Å²) in [5.74, 6) is 0.944. The third-order valence-corrected chi connectivity index (χ3v) is 4.78. The van der Waals surface area contributed by atoms with Crippen LogP contribution in [0.25, 0.3) is 0 Å². The summed E-state index contributed by atoms with van der Waals surface area (Å²) in [5.41, 5.74) is 3.55. The van der Waals surface area contributed by atoms with Crippen LogP contribution in [0.2, 0.25) is 10.0 Å². The van der Waals surface area contributed by atoms with Gasteiger partial charge in [-0.05, 0) is 59.7 Å². The highest BCUT2D eigenvalue weighted by Gasteiger charge is 2.13. The quantitative estimate of drug-likeness (QED) is 0.437. The Morgan fingerprint density at radius 2 is 1.70 bits per heavy atom. The van der Waals surface area contributed by atoms with Gasteiger partial charge in [-0.3, -0.25) is 4.79 Å². The first kappa shape index (κ1) is 21.8. The molecular weight excluding hydrogens is 423 g/mol. The number of benzene rings is 3. The van der Waals surface area contributed by atoms with Crippen LogP contribution in [-0.2, 0) is 17.9 Å². The van der Waals surface area contributed by atoms with E-state index in [1.54, 1.807) is 7.11 Å². The zero-order valence-corrected chi connectivity index (χ0v) is 18.2. The molecule has 0 atom stereocenters. The molecule has 7 heteroatoms. The van der Waals surface area contributed by atoms with E-state index in [0.29, 0.717) is 34.7 Å². The Bertz CT molecular complexity index is 1020. The fraction of sp³-hybridized carbons (Fsp3) is 0.174. The van der Waals surface area contributed by atoms with Gasteiger partial charge in [-0.2, -0.15) is 0 Å². The summed E-state index contributed by atoms with van der Waals surface area (Å²) in [6.07, 6.45) is 0. The van der Waals surface area contributed by atoms with Gasteiger partial charge in [-0.1, -0.05) is 35.3 Å². The fourth-order valence-electron chi connectivity index (χ4n) is 2.88. The molecule has 0 fully saturated rings. The van der Waals surface area contributed by atoms with Gasteiger partial charge >= 0.3 is 0 Å². The number of anilines is 2. The first-order valence-electron chi connectivity index (χ1n) is 9.30. The molecule has 0 aromatic heterocycles. The van der Waals surface area contributed by atoms with Crippen molar-refractivity contribution in [3.8, 4) is 11.5 Å². The van der Waals surface area contributed by atoms with E-state index in [0.717, 1.165) is 22.5 Å². The monoisotopic (exact) mass is 444 g/mol. The Labute approximate surface area is 185 Å². The van der Waals surface area contributed by atoms with Gasteiger partial charge in [-0.15, -0.1) is 0 Å². The summed E-state index contributed by atoms with van der Waals surface area (Å²) in [6, 6.07) is 18.7. The minimum absolute atomic E-state index is 0.102. The molecule has 0 spiro atoms. The standard InChI is InChI=1S/C23H22Cl2N2O3/c1-15(28)27-20-8-6-19(7-9-20)26-13-17-11-21(25)23(22(12-17)29-2)30-14-16-4-3-5-18(24)10-16/h3-12,26H,13-14H2,1-2H3,(H,27,28). The maximum Gasteiger partial charge on any atom is 0.221 e. The highest BCUT2D eigenvalue weighted by atomic mass is 35.5. The van der Waals surface area contributed by atoms with E-state index >= 15 is 0 Å². The predicted octanol–water partition coefficient (Wildman–Crippen LogP) is 6.15. The van der Waals surface area contributed by atoms with Crippen LogP contribution in [0.1, 0.15) is 18.1 Å². The molecule has 2 N–H and O–H groups in total. The smallest absolute Gasteiger partial charge is 0.221 e. The zero-order valence-electron chi connectivity index (χ0n) is 16.7. The minimum Gasteiger partial charge on any atom is -0.493 e. The van der Waals surface area contributed by atoms with Crippen LogP contribution < -0.4 is 20.1 Å². The van der Waals surface area contributed by atoms with Crippen LogP contribution in [0.4, 0.5) is 11.4 Å². The van der Waals surface area contributed by atoms with Gasteiger partial charge in [0.2, 0.25) is 5.91 Å². The summed E-state index contributed by atoms with van der Waals surface area (Å²) in [5, 5.41) is 7.18. The van der Waals surface area contributed by atoms with Gasteiger partial charge in [0.15, 0.2) is 11.5 Å². The number of hydrogen-bond acceptors (Lipinski definition) is 4. The van der Waals surface area contributed by atoms with Crippen LogP contribution in [-0.4, -0.2) is 13.0 Å². The number of ether oxygens (including phenoxy) is 2. The second-order valence-corrected chi connectivity index (χ2v) is 7.48. The molecule has 30 heavy (non-hydrogen) atoms. The minimum atomic E-state index is -0.102. The Morgan fingerprint density at radius 1 is 0.967 bits per heavy atom. The Balaban J connectivity index is 1.66. The number of amides is 1. The van der Waals surface area contributed by atoms with Crippen molar-refractivity contribution < 1.29 is 14.3 Å². The van der Waals surface area contributed by atoms with Crippen molar-refractivity contribution in [2.24, 2.45) is 0 Å². The second kappa shape index (κ2) is 10.2. The van der Waals surface area contributed by atoms with Crippen LogP contribution >= 0.6 is 23.2 Å². The molecule has 5 nitrogen and oxygen atoms in total. The third-order valence-electron chi connectivity index (χ3n) is 4.26. The summed E-state index contributed by atoms with van der Waals surface area (Å²) < 4.78 is 11.4. The number of carbonyl (C=O) groups excluding carboxylic acids is 1. The van der Waals surface area contributed by atoms with E-state index in [1.165, 1.54) is 6.92 Å². The molecule has 1 amide bonds. The molecule has 156 valence electrons. The molecule has 0 saturated heterocycles. The average molecular weight is 445 g/mol. The van der Waals surface area contributed by atoms with E-state index in [2.05, 4.69) is 10.6 Å². The van der Waals surface area contributed by atoms with E-state index in [1.807, 2.05) is 60.7 Å². The molecule has 0 aliphatic rings. The molecule has 0 radical (unpaired) electrons. The van der Waals surface area contributed by atoms with Crippen molar-refractivity contribution >= 4 is 40.5 Å². The van der Waals surface area contributed by atoms with Gasteiger partial charge in [0.25, 0.3) is 0 Å². The predicted molar refractivity (Wildman–Crippen MR) is 122 cm³/mol. The van der Waals surface area contributed by atoms with Gasteiger partial charge in [-0.25, -0.2) is 0 Å². The molecule has 0 saturated carbocycles. The Kier molecular flexibility index (Phi) is 7.44. The maximum absolute atomic E-state index is 11.1. The molecule has 0 aliphatic carbocycles. The molecule has 3 rings (SSSR count). The Morgan fingerprint density at radius 3 is 2.37 bits per heavy atom. The van der Waals surface area contributed by atoms with Gasteiger partial charge < -0.3 is 20.1 Å². The lowest BCUT2D eigenvalue weighted by molar-refractivity contribution is -0.114. The normalized spacial score (nSPS) is 10.4. The molecule has 0 aliphatic heterocycles. The summed E-state index contributed by atoms with van der Waals surface area (Å²) in [6.45, 7) is 2.35. The van der Waals surface area contributed by atoms with Crippen LogP contribution in [0.15, 0.2) is 60.7 Å². The van der Waals surface area contributed by atoms with Gasteiger partial charge in [0.1, 0.15) is 6.61 Å². The third kappa shape index (κ3) is 6.05. The Hall–Kier alpha value is -2.89. The van der Waals surface area contributed by atoms with Crippen molar-refractivity contribution in [3.05, 3.63) is 81.8 Å². The topological polar surface area (TPSA) is 59.6 Å². The van der Waals surface area contributed by atoms with Gasteiger partial charge in [0.05, 0.1) is 12.1 Å². The molecule has 0 heterocycles. The molecule has 0 unspecified atom stereocenters. The second-order valence-electron chi connectivity index (χ2n) is 6.64. The first-order chi connectivity index (χ1) is 14.4. The lowest BCUT2D eigenvalue weighted by Gasteiger charge is -2.15. The van der Waals surface area contributed by atoms with Crippen molar-refractivity contribution in [2.75, 3.05) is 17.7 Å². The zero-order chi connectivity index (χ0) is 21.5. The number of nitrogens with one attached hydrogen (secondary N) is 2. The van der Waals surface area contributed by atoms with Crippen molar-refractivity contribution in [1.82, 2.24) is 0 Å². The van der Waals surface area contributed by atoms with Crippen LogP contribution in [0.5, 0.6) is 11.5 Å². The van der Waals surface area contributed by atoms with E-state index in [9.17, 15) is 4.79 Å². The highest BCUT2D eigenvalue weighted by molar-refractivity contribution is 6.32. The number of halogens is 2. The average Bonchev–Trinajstić information content (AvgIpc) is 2.71. The molecule has 0 bridgehead atoms. The summed E-state index contributed by atoms with van der Waals surface area (Å²) >= 11 is 12.5. The number of hydrogen-bond donors (Lipinski definition) is 2. The lowest BCUT2D eigenvalue weighted by Crippen LogP contribution is -2.06. The van der Waals surface area contributed by atoms with E-state index in [4.69, 9.17) is 32.7 Å². The number of rotatable bonds is 8. The van der Waals surface area contributed by atoms with E-state index < -0.39 is 0 Å². The van der Waals surface area contributed by atoms with Gasteiger partial charge in [0, 0.05) is 29.9 Å². The fourth-order valence-corrected chi connectivity index (χ4v) is 3.38. The summed E-state index contributed by atoms with van der Waals surface area (Å²) in [7, 11) is 1.58.